The first-order chi connectivity index (χ1) is 5.46. The fraction of sp³-hybridized carbons (Fsp3) is 0.333. The number of nitrogens with zero attached hydrogens (tertiary/aromatic N) is 3. The second kappa shape index (κ2) is 3.14. The molecular formula is C3H2Cl3N3O3. The molecule has 0 bridgehead atoms. The van der Waals surface area contributed by atoms with Crippen LogP contribution < -0.4 is 0 Å². The normalized spacial score (nSPS) is 20.8. The zero-order valence-corrected chi connectivity index (χ0v) is 7.58. The smallest absolute Gasteiger partial charge is 0.354 e. The van der Waals surface area contributed by atoms with E-state index >= 15 is 0 Å². The maximum absolute atomic E-state index is 10.8. The van der Waals surface area contributed by atoms with E-state index in [1.54, 1.807) is 0 Å². The highest BCUT2D eigenvalue weighted by atomic mass is 35.5. The van der Waals surface area contributed by atoms with Gasteiger partial charge in [0.2, 0.25) is 6.35 Å². The van der Waals surface area contributed by atoms with Gasteiger partial charge in [0.15, 0.2) is 0 Å². The molecule has 1 aliphatic heterocycles. The Kier molecular flexibility index (Phi) is 2.52. The Morgan fingerprint density at radius 3 is 1.75 bits per heavy atom. The van der Waals surface area contributed by atoms with Gasteiger partial charge in [-0.2, -0.15) is 8.84 Å². The largest absolute Gasteiger partial charge is 0.361 e. The van der Waals surface area contributed by atoms with E-state index in [9.17, 15) is 9.59 Å². The van der Waals surface area contributed by atoms with Crippen molar-refractivity contribution in [2.75, 3.05) is 0 Å². The Hall–Kier alpha value is -0.430. The molecular weight excluding hydrogens is 232 g/mol. The summed E-state index contributed by atoms with van der Waals surface area (Å²) in [5.41, 5.74) is 0. The zero-order valence-electron chi connectivity index (χ0n) is 5.32. The van der Waals surface area contributed by atoms with Crippen molar-refractivity contribution in [3.8, 4) is 0 Å². The second-order valence-corrected chi connectivity index (χ2v) is 2.88. The highest BCUT2D eigenvalue weighted by Gasteiger charge is 2.42. The maximum atomic E-state index is 10.8. The lowest BCUT2D eigenvalue weighted by atomic mass is 10.7. The summed E-state index contributed by atoms with van der Waals surface area (Å²) in [5.74, 6) is 0. The van der Waals surface area contributed by atoms with Crippen LogP contribution in [0.15, 0.2) is 0 Å². The second-order valence-electron chi connectivity index (χ2n) is 1.81. The molecule has 4 amide bonds. The molecule has 1 aliphatic rings. The molecule has 9 heteroatoms. The Balaban J connectivity index is 2.91. The van der Waals surface area contributed by atoms with Gasteiger partial charge < -0.3 is 5.11 Å². The van der Waals surface area contributed by atoms with Gasteiger partial charge in [-0.25, -0.2) is 9.59 Å². The van der Waals surface area contributed by atoms with E-state index in [1.165, 1.54) is 0 Å². The molecule has 0 aromatic rings. The Morgan fingerprint density at radius 2 is 1.42 bits per heavy atom. The third-order valence-corrected chi connectivity index (χ3v) is 2.03. The van der Waals surface area contributed by atoms with Crippen LogP contribution in [0.4, 0.5) is 9.59 Å². The van der Waals surface area contributed by atoms with Crippen molar-refractivity contribution < 1.29 is 14.7 Å². The summed E-state index contributed by atoms with van der Waals surface area (Å²) in [6.45, 7) is 0. The Morgan fingerprint density at radius 1 is 1.08 bits per heavy atom. The number of hydrogen-bond acceptors (Lipinski definition) is 3. The van der Waals surface area contributed by atoms with Crippen LogP contribution in [0.25, 0.3) is 0 Å². The van der Waals surface area contributed by atoms with E-state index in [4.69, 9.17) is 40.4 Å². The third-order valence-electron chi connectivity index (χ3n) is 1.11. The first-order valence-electron chi connectivity index (χ1n) is 2.58. The van der Waals surface area contributed by atoms with Gasteiger partial charge in [-0.15, -0.1) is 4.42 Å². The minimum Gasteiger partial charge on any atom is -0.354 e. The highest BCUT2D eigenvalue weighted by molar-refractivity contribution is 6.37. The van der Waals surface area contributed by atoms with Crippen molar-refractivity contribution in [2.45, 2.75) is 6.35 Å². The molecule has 0 saturated carbocycles. The van der Waals surface area contributed by atoms with Crippen molar-refractivity contribution in [2.24, 2.45) is 0 Å². The molecule has 1 rings (SSSR count). The third kappa shape index (κ3) is 1.27. The first-order valence-corrected chi connectivity index (χ1v) is 3.60. The Labute approximate surface area is 82.1 Å². The molecule has 0 aromatic heterocycles. The van der Waals surface area contributed by atoms with Gasteiger partial charge in [0, 0.05) is 35.3 Å². The highest BCUT2D eigenvalue weighted by Crippen LogP contribution is 2.22. The van der Waals surface area contributed by atoms with Crippen LogP contribution in [0.2, 0.25) is 0 Å². The number of carbonyl (C=O) groups is 2. The van der Waals surface area contributed by atoms with E-state index in [2.05, 4.69) is 0 Å². The minimum atomic E-state index is -1.72. The number of carbonyl (C=O) groups excluding carboxylic acids is 2. The van der Waals surface area contributed by atoms with Crippen molar-refractivity contribution in [3.05, 3.63) is 0 Å². The van der Waals surface area contributed by atoms with Gasteiger partial charge >= 0.3 is 12.1 Å². The molecule has 0 aliphatic carbocycles. The fourth-order valence-corrected chi connectivity index (χ4v) is 1.15. The van der Waals surface area contributed by atoms with Gasteiger partial charge in [-0.3, -0.25) is 0 Å². The van der Waals surface area contributed by atoms with Gasteiger partial charge in [-0.05, 0) is 0 Å². The summed E-state index contributed by atoms with van der Waals surface area (Å²) in [4.78, 5) is 21.6. The predicted molar refractivity (Wildman–Crippen MR) is 39.9 cm³/mol. The van der Waals surface area contributed by atoms with E-state index in [0.717, 1.165) is 0 Å². The monoisotopic (exact) mass is 233 g/mol. The average Bonchev–Trinajstić information content (AvgIpc) is 2.08. The number of amides is 4. The summed E-state index contributed by atoms with van der Waals surface area (Å²) in [6, 6.07) is -2.12. The van der Waals surface area contributed by atoms with Crippen LogP contribution >= 0.6 is 35.3 Å². The lowest BCUT2D eigenvalue weighted by Crippen LogP contribution is -2.57. The first kappa shape index (κ1) is 9.66. The van der Waals surface area contributed by atoms with E-state index in [-0.39, 0.29) is 13.3 Å². The molecule has 0 spiro atoms. The van der Waals surface area contributed by atoms with E-state index in [1.807, 2.05) is 0 Å². The number of aliphatic hydroxyl groups is 1. The minimum absolute atomic E-state index is 0.146. The summed E-state index contributed by atoms with van der Waals surface area (Å²) in [7, 11) is 0. The molecule has 68 valence electrons. The summed E-state index contributed by atoms with van der Waals surface area (Å²) in [6.07, 6.45) is -1.72. The quantitative estimate of drug-likeness (QED) is 0.633. The van der Waals surface area contributed by atoms with Gasteiger partial charge in [-0.1, -0.05) is 0 Å². The molecule has 1 saturated heterocycles. The number of hydrogen-bond donors (Lipinski definition) is 1. The van der Waals surface area contributed by atoms with Crippen LogP contribution in [-0.4, -0.2) is 36.8 Å². The molecule has 1 N–H and O–H groups in total. The standard InChI is InChI=1S/C3H2Cl3N3O3/c4-7-1(10)8(5)3(12)9(6)2(7)11/h1,10H. The molecule has 1 fully saturated rings. The SMILES string of the molecule is O=C1N(Cl)C(=O)N(Cl)C(O)N1Cl. The van der Waals surface area contributed by atoms with Crippen molar-refractivity contribution in [1.29, 1.82) is 0 Å². The number of rotatable bonds is 0. The number of halogens is 3. The predicted octanol–water partition coefficient (Wildman–Crippen LogP) is 0.883. The molecule has 0 atom stereocenters. The van der Waals surface area contributed by atoms with Crippen LogP contribution in [0.3, 0.4) is 0 Å². The molecule has 1 heterocycles. The summed E-state index contributed by atoms with van der Waals surface area (Å²) >= 11 is 15.5. The van der Waals surface area contributed by atoms with Gasteiger partial charge in [0.05, 0.1) is 0 Å². The molecule has 0 unspecified atom stereocenters. The number of imide groups is 1. The van der Waals surface area contributed by atoms with E-state index in [0.29, 0.717) is 0 Å². The molecule has 6 nitrogen and oxygen atoms in total. The fourth-order valence-electron chi connectivity index (χ4n) is 0.536. The summed E-state index contributed by atoms with van der Waals surface area (Å²) < 4.78 is 0.704. The van der Waals surface area contributed by atoms with Crippen molar-refractivity contribution in [3.63, 3.8) is 0 Å². The van der Waals surface area contributed by atoms with Crippen LogP contribution in [-0.2, 0) is 0 Å². The van der Waals surface area contributed by atoms with Gasteiger partial charge in [0.25, 0.3) is 0 Å². The molecule has 12 heavy (non-hydrogen) atoms. The topological polar surface area (TPSA) is 64.1 Å². The van der Waals surface area contributed by atoms with E-state index < -0.39 is 18.4 Å². The lowest BCUT2D eigenvalue weighted by molar-refractivity contribution is -0.0102. The van der Waals surface area contributed by atoms with Crippen LogP contribution in [0, 0.1) is 0 Å². The van der Waals surface area contributed by atoms with Crippen LogP contribution in [0.5, 0.6) is 0 Å². The zero-order chi connectivity index (χ0) is 9.46. The average molecular weight is 234 g/mol. The lowest BCUT2D eigenvalue weighted by Gasteiger charge is -2.33. The van der Waals surface area contributed by atoms with Crippen molar-refractivity contribution >= 4 is 47.4 Å². The Bertz CT molecular complexity index is 214. The molecule has 0 radical (unpaired) electrons. The molecule has 0 aromatic carbocycles. The number of urea groups is 2. The van der Waals surface area contributed by atoms with Gasteiger partial charge in [0.1, 0.15) is 0 Å². The van der Waals surface area contributed by atoms with Crippen LogP contribution in [0.1, 0.15) is 0 Å². The number of aliphatic hydroxyl groups excluding tert-OH is 1. The maximum Gasteiger partial charge on any atom is 0.361 e. The van der Waals surface area contributed by atoms with Crippen molar-refractivity contribution in [1.82, 2.24) is 13.3 Å². The summed E-state index contributed by atoms with van der Waals surface area (Å²) in [5, 5.41) is 8.97.